The van der Waals surface area contributed by atoms with Crippen LogP contribution in [0.25, 0.3) is 0 Å². The number of Topliss-reactive ketones (excluding diaryl/α,β-unsaturated/α-hetero) is 1. The highest BCUT2D eigenvalue weighted by atomic mass is 31.0. The van der Waals surface area contributed by atoms with E-state index in [1.54, 1.807) is 6.92 Å². The highest BCUT2D eigenvalue weighted by molar-refractivity contribution is 7.13. The second-order valence-electron chi connectivity index (χ2n) is 4.44. The topological polar surface area (TPSA) is 20.3 Å². The lowest BCUT2D eigenvalue weighted by Gasteiger charge is -2.25. The fraction of sp³-hybridized carbons (Fsp3) is 0.917. The fourth-order valence-electron chi connectivity index (χ4n) is 1.92. The number of likely N-dealkylation sites (N-methyl/N-ethyl adjacent to an activating group) is 1. The number of rotatable bonds is 8. The standard InChI is InChI=1S/C12H26NOP/c1-5-7-8-11(6-2)9-12(10(3)14)13(4)15/h11-12H,5-9,15H2,1-4H3. The number of unbranched alkanes of at least 4 members (excludes halogenated alkanes) is 1. The fourth-order valence-corrected chi connectivity index (χ4v) is 2.25. The van der Waals surface area contributed by atoms with E-state index in [-0.39, 0.29) is 11.8 Å². The molecule has 0 aromatic carbocycles. The van der Waals surface area contributed by atoms with Crippen molar-refractivity contribution < 1.29 is 4.79 Å². The van der Waals surface area contributed by atoms with Crippen LogP contribution in [0.1, 0.15) is 52.9 Å². The van der Waals surface area contributed by atoms with Crippen LogP contribution in [0.15, 0.2) is 0 Å². The van der Waals surface area contributed by atoms with Gasteiger partial charge >= 0.3 is 0 Å². The van der Waals surface area contributed by atoms with Crippen molar-refractivity contribution in [3.8, 4) is 0 Å². The average molecular weight is 231 g/mol. The van der Waals surface area contributed by atoms with Crippen LogP contribution < -0.4 is 0 Å². The van der Waals surface area contributed by atoms with Crippen LogP contribution in [-0.4, -0.2) is 23.5 Å². The Balaban J connectivity index is 4.16. The molecule has 15 heavy (non-hydrogen) atoms. The maximum atomic E-state index is 11.5. The molecule has 0 aliphatic carbocycles. The summed E-state index contributed by atoms with van der Waals surface area (Å²) in [7, 11) is 4.57. The van der Waals surface area contributed by atoms with Crippen molar-refractivity contribution in [2.24, 2.45) is 5.92 Å². The summed E-state index contributed by atoms with van der Waals surface area (Å²) >= 11 is 0. The molecule has 0 spiro atoms. The third kappa shape index (κ3) is 6.27. The molecule has 0 aromatic rings. The van der Waals surface area contributed by atoms with Gasteiger partial charge in [0.15, 0.2) is 0 Å². The van der Waals surface area contributed by atoms with Gasteiger partial charge < -0.3 is 0 Å². The second-order valence-corrected chi connectivity index (χ2v) is 5.26. The minimum Gasteiger partial charge on any atom is -0.298 e. The molecule has 0 saturated heterocycles. The van der Waals surface area contributed by atoms with Gasteiger partial charge in [0, 0.05) is 0 Å². The van der Waals surface area contributed by atoms with Crippen molar-refractivity contribution in [2.45, 2.75) is 58.9 Å². The molecule has 3 heteroatoms. The minimum absolute atomic E-state index is 0.0804. The molecule has 90 valence electrons. The lowest BCUT2D eigenvalue weighted by molar-refractivity contribution is -0.120. The molecule has 0 saturated carbocycles. The van der Waals surface area contributed by atoms with Crippen LogP contribution in [0.3, 0.4) is 0 Å². The summed E-state index contributed by atoms with van der Waals surface area (Å²) in [5, 5.41) is 0. The van der Waals surface area contributed by atoms with Gasteiger partial charge in [-0.1, -0.05) is 48.9 Å². The van der Waals surface area contributed by atoms with E-state index in [9.17, 15) is 4.79 Å². The number of carbonyl (C=O) groups is 1. The Kier molecular flexibility index (Phi) is 8.27. The Labute approximate surface area is 97.1 Å². The Morgan fingerprint density at radius 2 is 2.00 bits per heavy atom. The van der Waals surface area contributed by atoms with Crippen molar-refractivity contribution >= 4 is 15.2 Å². The maximum absolute atomic E-state index is 11.5. The third-order valence-corrected chi connectivity index (χ3v) is 3.42. The molecule has 0 fully saturated rings. The largest absolute Gasteiger partial charge is 0.298 e. The summed E-state index contributed by atoms with van der Waals surface area (Å²) in [6.07, 6.45) is 5.98. The lowest BCUT2D eigenvalue weighted by atomic mass is 9.91. The zero-order valence-electron chi connectivity index (χ0n) is 10.6. The molecule has 3 unspecified atom stereocenters. The number of nitrogens with zero attached hydrogens (tertiary/aromatic N) is 1. The zero-order valence-corrected chi connectivity index (χ0v) is 11.8. The number of ketones is 1. The molecule has 0 rings (SSSR count). The van der Waals surface area contributed by atoms with Crippen molar-refractivity contribution in [1.82, 2.24) is 4.67 Å². The Morgan fingerprint density at radius 1 is 1.40 bits per heavy atom. The van der Waals surface area contributed by atoms with E-state index in [2.05, 4.69) is 23.2 Å². The van der Waals surface area contributed by atoms with Gasteiger partial charge in [-0.05, 0) is 26.3 Å². The zero-order chi connectivity index (χ0) is 11.8. The predicted octanol–water partition coefficient (Wildman–Crippen LogP) is 3.27. The first-order chi connectivity index (χ1) is 7.02. The monoisotopic (exact) mass is 231 g/mol. The smallest absolute Gasteiger partial charge is 0.147 e. The summed E-state index contributed by atoms with van der Waals surface area (Å²) in [4.78, 5) is 11.5. The van der Waals surface area contributed by atoms with Gasteiger partial charge in [-0.25, -0.2) is 0 Å². The van der Waals surface area contributed by atoms with E-state index in [1.807, 2.05) is 11.7 Å². The van der Waals surface area contributed by atoms with Gasteiger partial charge in [0.25, 0.3) is 0 Å². The normalized spacial score (nSPS) is 15.3. The quantitative estimate of drug-likeness (QED) is 0.597. The van der Waals surface area contributed by atoms with Crippen molar-refractivity contribution in [3.63, 3.8) is 0 Å². The van der Waals surface area contributed by atoms with Crippen LogP contribution in [0.2, 0.25) is 0 Å². The summed E-state index contributed by atoms with van der Waals surface area (Å²) in [6, 6.07) is 0.0804. The molecule has 0 aromatic heterocycles. The van der Waals surface area contributed by atoms with Crippen molar-refractivity contribution in [3.05, 3.63) is 0 Å². The lowest BCUT2D eigenvalue weighted by Crippen LogP contribution is -2.32. The molecule has 3 atom stereocenters. The number of hydrogen-bond acceptors (Lipinski definition) is 2. The predicted molar refractivity (Wildman–Crippen MR) is 69.9 cm³/mol. The Hall–Kier alpha value is 0.0600. The van der Waals surface area contributed by atoms with E-state index in [1.165, 1.54) is 25.7 Å². The first-order valence-corrected chi connectivity index (χ1v) is 6.52. The van der Waals surface area contributed by atoms with Crippen LogP contribution >= 0.6 is 9.39 Å². The molecule has 0 bridgehead atoms. The SMILES string of the molecule is CCCCC(CC)CC(C(C)=O)N(C)P. The molecule has 2 nitrogen and oxygen atoms in total. The van der Waals surface area contributed by atoms with Gasteiger partial charge in [-0.3, -0.25) is 9.46 Å². The molecule has 0 aliphatic rings. The van der Waals surface area contributed by atoms with Crippen molar-refractivity contribution in [1.29, 1.82) is 0 Å². The van der Waals surface area contributed by atoms with Crippen LogP contribution in [0.4, 0.5) is 0 Å². The van der Waals surface area contributed by atoms with E-state index in [0.29, 0.717) is 5.92 Å². The molecule has 0 aliphatic heterocycles. The van der Waals surface area contributed by atoms with E-state index in [4.69, 9.17) is 0 Å². The maximum Gasteiger partial charge on any atom is 0.147 e. The van der Waals surface area contributed by atoms with Gasteiger partial charge in [0.05, 0.1) is 6.04 Å². The van der Waals surface area contributed by atoms with E-state index >= 15 is 0 Å². The van der Waals surface area contributed by atoms with Crippen molar-refractivity contribution in [2.75, 3.05) is 7.05 Å². The molecular formula is C12H26NOP. The highest BCUT2D eigenvalue weighted by Crippen LogP contribution is 2.22. The van der Waals surface area contributed by atoms with Crippen LogP contribution in [-0.2, 0) is 4.79 Å². The van der Waals surface area contributed by atoms with Crippen LogP contribution in [0, 0.1) is 5.92 Å². The van der Waals surface area contributed by atoms with Gasteiger partial charge in [0.1, 0.15) is 5.78 Å². The molecule has 0 radical (unpaired) electrons. The summed E-state index contributed by atoms with van der Waals surface area (Å²) in [5.74, 6) is 0.976. The van der Waals surface area contributed by atoms with E-state index in [0.717, 1.165) is 6.42 Å². The third-order valence-electron chi connectivity index (χ3n) is 3.06. The molecule has 0 N–H and O–H groups in total. The van der Waals surface area contributed by atoms with E-state index < -0.39 is 0 Å². The first kappa shape index (κ1) is 15.1. The summed E-state index contributed by atoms with van der Waals surface area (Å²) in [6.45, 7) is 6.13. The first-order valence-electron chi connectivity index (χ1n) is 6.00. The summed E-state index contributed by atoms with van der Waals surface area (Å²) < 4.78 is 1.97. The minimum atomic E-state index is 0.0804. The number of carbonyl (C=O) groups excluding carboxylic acids is 1. The second kappa shape index (κ2) is 8.24. The van der Waals surface area contributed by atoms with Gasteiger partial charge in [-0.15, -0.1) is 0 Å². The highest BCUT2D eigenvalue weighted by Gasteiger charge is 2.20. The van der Waals surface area contributed by atoms with Crippen LogP contribution in [0.5, 0.6) is 0 Å². The molecule has 0 amide bonds. The van der Waals surface area contributed by atoms with Gasteiger partial charge in [-0.2, -0.15) is 0 Å². The Morgan fingerprint density at radius 3 is 2.33 bits per heavy atom. The van der Waals surface area contributed by atoms with Gasteiger partial charge in [0.2, 0.25) is 0 Å². The Bertz CT molecular complexity index is 182. The number of hydrogen-bond donors (Lipinski definition) is 0. The summed E-state index contributed by atoms with van der Waals surface area (Å²) in [5.41, 5.74) is 0. The average Bonchev–Trinajstić information content (AvgIpc) is 2.17. The molecular weight excluding hydrogens is 205 g/mol. The molecule has 0 heterocycles.